The maximum absolute atomic E-state index is 12.2. The van der Waals surface area contributed by atoms with E-state index in [-0.39, 0.29) is 28.6 Å². The van der Waals surface area contributed by atoms with Crippen LogP contribution in [0.25, 0.3) is 0 Å². The summed E-state index contributed by atoms with van der Waals surface area (Å²) in [7, 11) is 0. The van der Waals surface area contributed by atoms with Crippen LogP contribution in [0.15, 0.2) is 0 Å². The molecule has 2 amide bonds. The predicted molar refractivity (Wildman–Crippen MR) is 70.8 cm³/mol. The number of piperidine rings is 1. The second-order valence-corrected chi connectivity index (χ2v) is 7.37. The average molecular weight is 251 g/mol. The SMILES string of the molecule is CC(C)C1C(=O)NC(=O)CC12CCCC(C)(C)C2. The number of nitrogens with one attached hydrogen (secondary N) is 1. The van der Waals surface area contributed by atoms with E-state index in [0.717, 1.165) is 19.3 Å². The lowest BCUT2D eigenvalue weighted by molar-refractivity contribution is -0.150. The largest absolute Gasteiger partial charge is 0.296 e. The number of carbonyl (C=O) groups is 2. The molecule has 3 heteroatoms. The van der Waals surface area contributed by atoms with Crippen LogP contribution in [0.1, 0.15) is 59.8 Å². The number of amides is 2. The lowest BCUT2D eigenvalue weighted by Crippen LogP contribution is -2.56. The molecule has 1 aliphatic carbocycles. The van der Waals surface area contributed by atoms with Gasteiger partial charge in [0.25, 0.3) is 0 Å². The van der Waals surface area contributed by atoms with Gasteiger partial charge in [-0.3, -0.25) is 14.9 Å². The first-order chi connectivity index (χ1) is 8.26. The molecule has 1 saturated heterocycles. The Bertz CT molecular complexity index is 373. The van der Waals surface area contributed by atoms with Gasteiger partial charge in [-0.25, -0.2) is 0 Å². The summed E-state index contributed by atoms with van der Waals surface area (Å²) in [6, 6.07) is 0. The molecule has 0 aromatic rings. The smallest absolute Gasteiger partial charge is 0.230 e. The zero-order chi connectivity index (χ0) is 13.6. The minimum absolute atomic E-state index is 0.00484. The fourth-order valence-corrected chi connectivity index (χ4v) is 4.44. The Balaban J connectivity index is 2.36. The molecule has 2 fully saturated rings. The molecule has 1 heterocycles. The first-order valence-corrected chi connectivity index (χ1v) is 7.09. The van der Waals surface area contributed by atoms with Crippen LogP contribution in [-0.4, -0.2) is 11.8 Å². The third-order valence-electron chi connectivity index (χ3n) is 4.74. The monoisotopic (exact) mass is 251 g/mol. The lowest BCUT2D eigenvalue weighted by atomic mass is 9.54. The van der Waals surface area contributed by atoms with Crippen molar-refractivity contribution in [2.75, 3.05) is 0 Å². The molecule has 0 aromatic carbocycles. The van der Waals surface area contributed by atoms with Gasteiger partial charge in [-0.2, -0.15) is 0 Å². The Kier molecular flexibility index (Phi) is 3.28. The van der Waals surface area contributed by atoms with E-state index in [9.17, 15) is 9.59 Å². The Hall–Kier alpha value is -0.860. The van der Waals surface area contributed by atoms with Gasteiger partial charge in [0, 0.05) is 12.3 Å². The molecule has 3 nitrogen and oxygen atoms in total. The molecule has 0 bridgehead atoms. The maximum Gasteiger partial charge on any atom is 0.230 e. The Morgan fingerprint density at radius 1 is 1.22 bits per heavy atom. The van der Waals surface area contributed by atoms with E-state index in [4.69, 9.17) is 0 Å². The molecule has 1 aliphatic heterocycles. The number of carbonyl (C=O) groups excluding carboxylic acids is 2. The second kappa shape index (κ2) is 4.36. The molecule has 1 spiro atoms. The van der Waals surface area contributed by atoms with Crippen molar-refractivity contribution in [3.63, 3.8) is 0 Å². The summed E-state index contributed by atoms with van der Waals surface area (Å²) < 4.78 is 0. The van der Waals surface area contributed by atoms with Crippen molar-refractivity contribution in [1.29, 1.82) is 0 Å². The number of hydrogen-bond acceptors (Lipinski definition) is 2. The van der Waals surface area contributed by atoms with Gasteiger partial charge >= 0.3 is 0 Å². The van der Waals surface area contributed by atoms with Gasteiger partial charge in [0.05, 0.1) is 0 Å². The molecule has 1 N–H and O–H groups in total. The standard InChI is InChI=1S/C15H25NO2/c1-10(2)12-13(18)16-11(17)8-15(12)7-5-6-14(3,4)9-15/h10,12H,5-9H2,1-4H3,(H,16,17,18). The highest BCUT2D eigenvalue weighted by atomic mass is 16.2. The van der Waals surface area contributed by atoms with Gasteiger partial charge in [-0.05, 0) is 36.0 Å². The molecule has 102 valence electrons. The van der Waals surface area contributed by atoms with E-state index in [1.54, 1.807) is 0 Å². The van der Waals surface area contributed by atoms with Crippen LogP contribution in [0.2, 0.25) is 0 Å². The molecular weight excluding hydrogens is 226 g/mol. The van der Waals surface area contributed by atoms with E-state index in [0.29, 0.717) is 12.3 Å². The third-order valence-corrected chi connectivity index (χ3v) is 4.74. The number of hydrogen-bond donors (Lipinski definition) is 1. The highest BCUT2D eigenvalue weighted by molar-refractivity contribution is 5.99. The molecular formula is C15H25NO2. The summed E-state index contributed by atoms with van der Waals surface area (Å²) in [5, 5.41) is 2.53. The molecule has 0 aromatic heterocycles. The molecule has 2 rings (SSSR count). The molecule has 18 heavy (non-hydrogen) atoms. The van der Waals surface area contributed by atoms with Crippen molar-refractivity contribution < 1.29 is 9.59 Å². The van der Waals surface area contributed by atoms with Gasteiger partial charge in [0.15, 0.2) is 0 Å². The fraction of sp³-hybridized carbons (Fsp3) is 0.867. The van der Waals surface area contributed by atoms with Gasteiger partial charge in [-0.15, -0.1) is 0 Å². The second-order valence-electron chi connectivity index (χ2n) is 7.37. The topological polar surface area (TPSA) is 46.2 Å². The Morgan fingerprint density at radius 2 is 1.89 bits per heavy atom. The molecule has 2 aliphatic rings. The summed E-state index contributed by atoms with van der Waals surface area (Å²) in [6.07, 6.45) is 4.90. The van der Waals surface area contributed by atoms with Crippen molar-refractivity contribution >= 4 is 11.8 Å². The van der Waals surface area contributed by atoms with E-state index in [1.165, 1.54) is 6.42 Å². The zero-order valence-corrected chi connectivity index (χ0v) is 12.0. The maximum atomic E-state index is 12.2. The van der Waals surface area contributed by atoms with E-state index in [2.05, 4.69) is 33.0 Å². The van der Waals surface area contributed by atoms with E-state index < -0.39 is 0 Å². The average Bonchev–Trinajstić information content (AvgIpc) is 2.11. The first-order valence-electron chi connectivity index (χ1n) is 7.09. The van der Waals surface area contributed by atoms with Crippen molar-refractivity contribution in [3.05, 3.63) is 0 Å². The van der Waals surface area contributed by atoms with Crippen molar-refractivity contribution in [1.82, 2.24) is 5.32 Å². The van der Waals surface area contributed by atoms with Crippen molar-refractivity contribution in [3.8, 4) is 0 Å². The minimum atomic E-state index is -0.0880. The highest BCUT2D eigenvalue weighted by Gasteiger charge is 2.52. The van der Waals surface area contributed by atoms with Crippen LogP contribution in [0, 0.1) is 22.7 Å². The van der Waals surface area contributed by atoms with Crippen LogP contribution in [0.4, 0.5) is 0 Å². The lowest BCUT2D eigenvalue weighted by Gasteiger charge is -2.51. The summed E-state index contributed by atoms with van der Waals surface area (Å²) in [4.78, 5) is 24.0. The molecule has 1 saturated carbocycles. The van der Waals surface area contributed by atoms with Crippen LogP contribution in [-0.2, 0) is 9.59 Å². The number of imide groups is 1. The molecule has 2 atom stereocenters. The third kappa shape index (κ3) is 2.32. The minimum Gasteiger partial charge on any atom is -0.296 e. The van der Waals surface area contributed by atoms with Gasteiger partial charge in [-0.1, -0.05) is 34.1 Å². The zero-order valence-electron chi connectivity index (χ0n) is 12.0. The van der Waals surface area contributed by atoms with Crippen LogP contribution in [0.5, 0.6) is 0 Å². The molecule has 0 radical (unpaired) electrons. The Morgan fingerprint density at radius 3 is 2.44 bits per heavy atom. The summed E-state index contributed by atoms with van der Waals surface area (Å²) in [5.74, 6) is 0.176. The van der Waals surface area contributed by atoms with Gasteiger partial charge < -0.3 is 0 Å². The van der Waals surface area contributed by atoms with Crippen molar-refractivity contribution in [2.24, 2.45) is 22.7 Å². The van der Waals surface area contributed by atoms with Gasteiger partial charge in [0.1, 0.15) is 0 Å². The van der Waals surface area contributed by atoms with Crippen LogP contribution < -0.4 is 5.32 Å². The number of rotatable bonds is 1. The quantitative estimate of drug-likeness (QED) is 0.728. The summed E-state index contributed by atoms with van der Waals surface area (Å²) in [5.41, 5.74) is 0.165. The predicted octanol–water partition coefficient (Wildman–Crippen LogP) is 2.89. The normalized spacial score (nSPS) is 35.9. The summed E-state index contributed by atoms with van der Waals surface area (Å²) >= 11 is 0. The fourth-order valence-electron chi connectivity index (χ4n) is 4.44. The molecule has 2 unspecified atom stereocenters. The first kappa shape index (κ1) is 13.6. The van der Waals surface area contributed by atoms with Crippen LogP contribution >= 0.6 is 0 Å². The van der Waals surface area contributed by atoms with Gasteiger partial charge in [0.2, 0.25) is 11.8 Å². The van der Waals surface area contributed by atoms with Crippen molar-refractivity contribution in [2.45, 2.75) is 59.8 Å². The van der Waals surface area contributed by atoms with E-state index >= 15 is 0 Å². The highest BCUT2D eigenvalue weighted by Crippen LogP contribution is 2.55. The summed E-state index contributed by atoms with van der Waals surface area (Å²) in [6.45, 7) is 8.73. The van der Waals surface area contributed by atoms with Crippen LogP contribution in [0.3, 0.4) is 0 Å². The van der Waals surface area contributed by atoms with E-state index in [1.807, 2.05) is 0 Å². The Labute approximate surface area is 110 Å².